The minimum Gasteiger partial charge on any atom is -0.495 e. The van der Waals surface area contributed by atoms with Gasteiger partial charge in [0.05, 0.1) is 13.2 Å². The summed E-state index contributed by atoms with van der Waals surface area (Å²) in [6, 6.07) is 18.0. The molecule has 2 aromatic carbocycles. The fourth-order valence-corrected chi connectivity index (χ4v) is 3.81. The Bertz CT molecular complexity index is 968. The number of nitrogens with one attached hydrogen (secondary N) is 2. The fourth-order valence-electron chi connectivity index (χ4n) is 2.77. The molecule has 0 saturated carbocycles. The Balaban J connectivity index is 1.75. The number of thiophene rings is 1. The van der Waals surface area contributed by atoms with Gasteiger partial charge in [0.2, 0.25) is 0 Å². The average Bonchev–Trinajstić information content (AvgIpc) is 3.13. The number of rotatable bonds is 6. The van der Waals surface area contributed by atoms with Gasteiger partial charge in [0.15, 0.2) is 0 Å². The number of hydrogen-bond donors (Lipinski definition) is 3. The molecule has 3 aromatic rings. The SMILES string of the molecule is COc1cc(-c2ccccc2)sc1C(=O)NC(C)c1ccc(NC(N)=O)cc1. The number of ether oxygens (including phenoxy) is 1. The largest absolute Gasteiger partial charge is 0.495 e. The lowest BCUT2D eigenvalue weighted by Crippen LogP contribution is -2.26. The third-order valence-corrected chi connectivity index (χ3v) is 5.37. The molecule has 7 heteroatoms. The lowest BCUT2D eigenvalue weighted by Gasteiger charge is -2.15. The molecule has 0 spiro atoms. The third-order valence-electron chi connectivity index (χ3n) is 4.21. The van der Waals surface area contributed by atoms with E-state index in [1.54, 1.807) is 19.2 Å². The normalized spacial score (nSPS) is 11.5. The summed E-state index contributed by atoms with van der Waals surface area (Å²) in [5.74, 6) is 0.352. The first-order valence-electron chi connectivity index (χ1n) is 8.68. The Kier molecular flexibility index (Phi) is 5.96. The van der Waals surface area contributed by atoms with E-state index < -0.39 is 6.03 Å². The number of benzene rings is 2. The first-order chi connectivity index (χ1) is 13.5. The maximum absolute atomic E-state index is 12.8. The van der Waals surface area contributed by atoms with E-state index in [0.717, 1.165) is 16.0 Å². The van der Waals surface area contributed by atoms with Crippen molar-refractivity contribution < 1.29 is 14.3 Å². The summed E-state index contributed by atoms with van der Waals surface area (Å²) in [6.07, 6.45) is 0. The van der Waals surface area contributed by atoms with Crippen molar-refractivity contribution in [3.63, 3.8) is 0 Å². The molecule has 144 valence electrons. The number of hydrogen-bond acceptors (Lipinski definition) is 4. The van der Waals surface area contributed by atoms with Gasteiger partial charge >= 0.3 is 6.03 Å². The predicted molar refractivity (Wildman–Crippen MR) is 112 cm³/mol. The second-order valence-electron chi connectivity index (χ2n) is 6.18. The van der Waals surface area contributed by atoms with Gasteiger partial charge in [0, 0.05) is 10.6 Å². The molecule has 4 N–H and O–H groups in total. The Hall–Kier alpha value is -3.32. The molecule has 0 saturated heterocycles. The van der Waals surface area contributed by atoms with Gasteiger partial charge in [0.1, 0.15) is 10.6 Å². The zero-order valence-electron chi connectivity index (χ0n) is 15.6. The summed E-state index contributed by atoms with van der Waals surface area (Å²) in [4.78, 5) is 25.2. The van der Waals surface area contributed by atoms with E-state index in [1.807, 2.05) is 55.5 Å². The first kappa shape index (κ1) is 19.4. The number of nitrogens with two attached hydrogens (primary N) is 1. The monoisotopic (exact) mass is 395 g/mol. The summed E-state index contributed by atoms with van der Waals surface area (Å²) in [6.45, 7) is 1.90. The van der Waals surface area contributed by atoms with Gasteiger partial charge in [-0.25, -0.2) is 4.79 Å². The van der Waals surface area contributed by atoms with Crippen LogP contribution in [0.2, 0.25) is 0 Å². The molecule has 0 aliphatic carbocycles. The predicted octanol–water partition coefficient (Wildman–Crippen LogP) is 4.41. The van der Waals surface area contributed by atoms with Gasteiger partial charge in [0.25, 0.3) is 5.91 Å². The van der Waals surface area contributed by atoms with Crippen molar-refractivity contribution in [2.24, 2.45) is 5.73 Å². The Morgan fingerprint density at radius 2 is 1.75 bits per heavy atom. The standard InChI is InChI=1S/C21H21N3O3S/c1-13(14-8-10-16(11-9-14)24-21(22)26)23-20(25)19-17(27-2)12-18(28-19)15-6-4-3-5-7-15/h3-13H,1-2H3,(H,23,25)(H3,22,24,26). The van der Waals surface area contributed by atoms with Crippen LogP contribution in [0.15, 0.2) is 60.7 Å². The molecule has 1 aromatic heterocycles. The molecule has 6 nitrogen and oxygen atoms in total. The number of carbonyl (C=O) groups is 2. The van der Waals surface area contributed by atoms with Crippen LogP contribution in [0.3, 0.4) is 0 Å². The Labute approximate surface area is 167 Å². The van der Waals surface area contributed by atoms with Crippen LogP contribution in [0.1, 0.15) is 28.2 Å². The van der Waals surface area contributed by atoms with Gasteiger partial charge < -0.3 is 21.1 Å². The molecule has 1 heterocycles. The molecular formula is C21H21N3O3S. The molecule has 3 amide bonds. The van der Waals surface area contributed by atoms with Crippen molar-refractivity contribution in [3.05, 3.63) is 71.1 Å². The van der Waals surface area contributed by atoms with E-state index in [-0.39, 0.29) is 11.9 Å². The molecular weight excluding hydrogens is 374 g/mol. The molecule has 0 aliphatic heterocycles. The molecule has 3 rings (SSSR count). The quantitative estimate of drug-likeness (QED) is 0.577. The highest BCUT2D eigenvalue weighted by molar-refractivity contribution is 7.17. The number of primary amides is 1. The maximum Gasteiger partial charge on any atom is 0.316 e. The Morgan fingerprint density at radius 3 is 2.36 bits per heavy atom. The number of carbonyl (C=O) groups excluding carboxylic acids is 2. The lowest BCUT2D eigenvalue weighted by molar-refractivity contribution is 0.0941. The fraction of sp³-hybridized carbons (Fsp3) is 0.143. The first-order valence-corrected chi connectivity index (χ1v) is 9.50. The van der Waals surface area contributed by atoms with E-state index in [4.69, 9.17) is 10.5 Å². The van der Waals surface area contributed by atoms with Crippen molar-refractivity contribution in [1.29, 1.82) is 0 Å². The topological polar surface area (TPSA) is 93.4 Å². The smallest absolute Gasteiger partial charge is 0.316 e. The second-order valence-corrected chi connectivity index (χ2v) is 7.23. The van der Waals surface area contributed by atoms with Crippen LogP contribution in [0.5, 0.6) is 5.75 Å². The summed E-state index contributed by atoms with van der Waals surface area (Å²) < 4.78 is 5.41. The molecule has 1 atom stereocenters. The van der Waals surface area contributed by atoms with E-state index in [2.05, 4.69) is 10.6 Å². The van der Waals surface area contributed by atoms with Crippen molar-refractivity contribution in [3.8, 4) is 16.2 Å². The second kappa shape index (κ2) is 8.58. The van der Waals surface area contributed by atoms with Crippen LogP contribution in [-0.4, -0.2) is 19.0 Å². The van der Waals surface area contributed by atoms with Gasteiger partial charge in [-0.15, -0.1) is 11.3 Å². The minimum atomic E-state index is -0.617. The highest BCUT2D eigenvalue weighted by Crippen LogP contribution is 2.36. The molecule has 0 radical (unpaired) electrons. The molecule has 0 aliphatic rings. The molecule has 0 fully saturated rings. The molecule has 1 unspecified atom stereocenters. The van der Waals surface area contributed by atoms with Gasteiger partial charge in [-0.05, 0) is 36.2 Å². The van der Waals surface area contributed by atoms with Crippen LogP contribution in [0.4, 0.5) is 10.5 Å². The van der Waals surface area contributed by atoms with Crippen molar-refractivity contribution in [2.45, 2.75) is 13.0 Å². The maximum atomic E-state index is 12.8. The molecule has 28 heavy (non-hydrogen) atoms. The van der Waals surface area contributed by atoms with E-state index in [0.29, 0.717) is 16.3 Å². The summed E-state index contributed by atoms with van der Waals surface area (Å²) in [5.41, 5.74) is 7.65. The number of anilines is 1. The number of urea groups is 1. The van der Waals surface area contributed by atoms with E-state index >= 15 is 0 Å². The molecule has 0 bridgehead atoms. The van der Waals surface area contributed by atoms with Crippen molar-refractivity contribution in [1.82, 2.24) is 5.32 Å². The van der Waals surface area contributed by atoms with E-state index in [1.165, 1.54) is 11.3 Å². The average molecular weight is 395 g/mol. The van der Waals surface area contributed by atoms with Crippen LogP contribution < -0.4 is 21.1 Å². The van der Waals surface area contributed by atoms with Crippen molar-refractivity contribution >= 4 is 29.0 Å². The minimum absolute atomic E-state index is 0.198. The highest BCUT2D eigenvalue weighted by Gasteiger charge is 2.20. The third kappa shape index (κ3) is 4.50. The Morgan fingerprint density at radius 1 is 1.07 bits per heavy atom. The van der Waals surface area contributed by atoms with Crippen LogP contribution in [-0.2, 0) is 0 Å². The summed E-state index contributed by atoms with van der Waals surface area (Å²) in [7, 11) is 1.56. The zero-order valence-corrected chi connectivity index (χ0v) is 16.4. The van der Waals surface area contributed by atoms with E-state index in [9.17, 15) is 9.59 Å². The van der Waals surface area contributed by atoms with Gasteiger partial charge in [-0.1, -0.05) is 42.5 Å². The zero-order chi connectivity index (χ0) is 20.1. The summed E-state index contributed by atoms with van der Waals surface area (Å²) in [5, 5.41) is 5.50. The highest BCUT2D eigenvalue weighted by atomic mass is 32.1. The van der Waals surface area contributed by atoms with Gasteiger partial charge in [-0.3, -0.25) is 4.79 Å². The van der Waals surface area contributed by atoms with Crippen LogP contribution >= 0.6 is 11.3 Å². The van der Waals surface area contributed by atoms with Crippen molar-refractivity contribution in [2.75, 3.05) is 12.4 Å². The summed E-state index contributed by atoms with van der Waals surface area (Å²) >= 11 is 1.39. The lowest BCUT2D eigenvalue weighted by atomic mass is 10.1. The van der Waals surface area contributed by atoms with Crippen LogP contribution in [0.25, 0.3) is 10.4 Å². The van der Waals surface area contributed by atoms with Gasteiger partial charge in [-0.2, -0.15) is 0 Å². The number of amides is 3. The number of methoxy groups -OCH3 is 1. The van der Waals surface area contributed by atoms with Crippen LogP contribution in [0, 0.1) is 0 Å².